The number of esters is 1. The highest BCUT2D eigenvalue weighted by atomic mass is 79.9. The molecule has 1 aromatic heterocycles. The van der Waals surface area contributed by atoms with Crippen LogP contribution in [-0.4, -0.2) is 18.1 Å². The van der Waals surface area contributed by atoms with Gasteiger partial charge in [-0.1, -0.05) is 11.6 Å². The van der Waals surface area contributed by atoms with Crippen LogP contribution >= 0.6 is 27.5 Å². The normalized spacial score (nSPS) is 10.5. The fourth-order valence-corrected chi connectivity index (χ4v) is 1.58. The van der Waals surface area contributed by atoms with Crippen molar-refractivity contribution >= 4 is 33.5 Å². The molecule has 82 valence electrons. The second-order valence-electron chi connectivity index (χ2n) is 2.48. The number of nitrogens with zero attached hydrogens (tertiary/aromatic N) is 1. The molecule has 0 aliphatic heterocycles. The molecule has 0 unspecified atom stereocenters. The van der Waals surface area contributed by atoms with Crippen LogP contribution in [0.15, 0.2) is 10.7 Å². The molecule has 0 N–H and O–H groups in total. The molecule has 1 aromatic rings. The first-order valence-corrected chi connectivity index (χ1v) is 4.86. The van der Waals surface area contributed by atoms with Crippen molar-refractivity contribution in [1.29, 1.82) is 0 Å². The van der Waals surface area contributed by atoms with E-state index in [0.29, 0.717) is 0 Å². The maximum absolute atomic E-state index is 12.3. The van der Waals surface area contributed by atoms with Crippen molar-refractivity contribution in [2.75, 3.05) is 7.11 Å². The van der Waals surface area contributed by atoms with Gasteiger partial charge in [0.15, 0.2) is 0 Å². The monoisotopic (exact) mass is 299 g/mol. The van der Waals surface area contributed by atoms with Crippen LogP contribution in [0.2, 0.25) is 5.02 Å². The van der Waals surface area contributed by atoms with E-state index in [1.165, 1.54) is 7.11 Å². The summed E-state index contributed by atoms with van der Waals surface area (Å²) in [6, 6.07) is 0. The van der Waals surface area contributed by atoms with E-state index in [1.807, 2.05) is 0 Å². The molecule has 0 radical (unpaired) electrons. The zero-order chi connectivity index (χ0) is 11.6. The number of carbonyl (C=O) groups excluding carboxylic acids is 1. The number of rotatable bonds is 2. The molecule has 0 saturated carbocycles. The fraction of sp³-hybridized carbons (Fsp3) is 0.250. The van der Waals surface area contributed by atoms with Gasteiger partial charge in [0.1, 0.15) is 5.69 Å². The van der Waals surface area contributed by atoms with Gasteiger partial charge in [-0.3, -0.25) is 4.98 Å². The lowest BCUT2D eigenvalue weighted by atomic mass is 10.2. The lowest BCUT2D eigenvalue weighted by Crippen LogP contribution is -2.05. The lowest BCUT2D eigenvalue weighted by Gasteiger charge is -2.07. The number of pyridine rings is 1. The van der Waals surface area contributed by atoms with Gasteiger partial charge in [-0.2, -0.15) is 0 Å². The fourth-order valence-electron chi connectivity index (χ4n) is 0.883. The highest BCUT2D eigenvalue weighted by Gasteiger charge is 2.21. The number of aromatic nitrogens is 1. The van der Waals surface area contributed by atoms with Gasteiger partial charge in [-0.05, 0) is 15.9 Å². The summed E-state index contributed by atoms with van der Waals surface area (Å²) in [4.78, 5) is 14.5. The van der Waals surface area contributed by atoms with E-state index >= 15 is 0 Å². The molecule has 0 aromatic carbocycles. The average Bonchev–Trinajstić information content (AvgIpc) is 2.20. The van der Waals surface area contributed by atoms with Gasteiger partial charge >= 0.3 is 5.97 Å². The molecule has 3 nitrogen and oxygen atoms in total. The smallest absolute Gasteiger partial charge is 0.340 e. The number of halogens is 4. The topological polar surface area (TPSA) is 39.2 Å². The second-order valence-corrected chi connectivity index (χ2v) is 3.65. The van der Waals surface area contributed by atoms with Crippen molar-refractivity contribution in [3.8, 4) is 0 Å². The summed E-state index contributed by atoms with van der Waals surface area (Å²) in [6.07, 6.45) is -1.80. The van der Waals surface area contributed by atoms with E-state index in [9.17, 15) is 13.6 Å². The zero-order valence-corrected chi connectivity index (χ0v) is 9.77. The third-order valence-electron chi connectivity index (χ3n) is 1.60. The Morgan fingerprint density at radius 1 is 1.67 bits per heavy atom. The first kappa shape index (κ1) is 12.3. The Morgan fingerprint density at radius 2 is 2.27 bits per heavy atom. The third kappa shape index (κ3) is 2.43. The molecule has 1 heterocycles. The Morgan fingerprint density at radius 3 is 2.73 bits per heavy atom. The maximum Gasteiger partial charge on any atom is 0.340 e. The van der Waals surface area contributed by atoms with Crippen molar-refractivity contribution in [3.63, 3.8) is 0 Å². The summed E-state index contributed by atoms with van der Waals surface area (Å²) in [5, 5.41) is -0.284. The van der Waals surface area contributed by atoms with Crippen LogP contribution in [-0.2, 0) is 4.74 Å². The van der Waals surface area contributed by atoms with Gasteiger partial charge < -0.3 is 4.74 Å². The van der Waals surface area contributed by atoms with Gasteiger partial charge in [0.25, 0.3) is 6.43 Å². The highest BCUT2D eigenvalue weighted by molar-refractivity contribution is 9.10. The van der Waals surface area contributed by atoms with Crippen LogP contribution in [0.5, 0.6) is 0 Å². The summed E-state index contributed by atoms with van der Waals surface area (Å²) in [5.41, 5.74) is -0.567. The Kier molecular flexibility index (Phi) is 3.98. The van der Waals surface area contributed by atoms with Gasteiger partial charge in [0.05, 0.1) is 22.2 Å². The second kappa shape index (κ2) is 4.85. The SMILES string of the molecule is COC(=O)c1cnc(C(F)F)c(Cl)c1Br. The summed E-state index contributed by atoms with van der Waals surface area (Å²) >= 11 is 8.53. The van der Waals surface area contributed by atoms with Crippen LogP contribution in [0.1, 0.15) is 22.5 Å². The highest BCUT2D eigenvalue weighted by Crippen LogP contribution is 2.33. The number of ether oxygens (including phenoxy) is 1. The Bertz CT molecular complexity index is 400. The largest absolute Gasteiger partial charge is 0.465 e. The minimum Gasteiger partial charge on any atom is -0.465 e. The molecule has 1 rings (SSSR count). The van der Waals surface area contributed by atoms with E-state index in [0.717, 1.165) is 6.20 Å². The number of alkyl halides is 2. The maximum atomic E-state index is 12.3. The standard InChI is InChI=1S/C8H5BrClF2NO2/c1-15-8(14)3-2-13-6(7(11)12)5(10)4(3)9/h2,7H,1H3. The van der Waals surface area contributed by atoms with Crippen molar-refractivity contribution in [2.45, 2.75) is 6.43 Å². The Balaban J connectivity index is 3.27. The predicted octanol–water partition coefficient (Wildman–Crippen LogP) is 3.22. The Labute approximate surface area is 97.5 Å². The molecule has 0 fully saturated rings. The molecule has 0 bridgehead atoms. The first-order chi connectivity index (χ1) is 6.99. The number of carbonyl (C=O) groups is 1. The molecule has 0 aliphatic carbocycles. The molecule has 7 heteroatoms. The van der Waals surface area contributed by atoms with Crippen LogP contribution < -0.4 is 0 Å². The minimum atomic E-state index is -2.79. The number of hydrogen-bond acceptors (Lipinski definition) is 3. The molecule has 0 spiro atoms. The average molecular weight is 300 g/mol. The van der Waals surface area contributed by atoms with E-state index in [1.54, 1.807) is 0 Å². The van der Waals surface area contributed by atoms with Crippen molar-refractivity contribution in [2.24, 2.45) is 0 Å². The molecule has 0 aliphatic rings. The van der Waals surface area contributed by atoms with E-state index < -0.39 is 18.1 Å². The lowest BCUT2D eigenvalue weighted by molar-refractivity contribution is 0.0598. The quantitative estimate of drug-likeness (QED) is 0.787. The number of hydrogen-bond donors (Lipinski definition) is 0. The van der Waals surface area contributed by atoms with Gasteiger partial charge in [0.2, 0.25) is 0 Å². The predicted molar refractivity (Wildman–Crippen MR) is 53.2 cm³/mol. The summed E-state index contributed by atoms with van der Waals surface area (Å²) in [7, 11) is 1.17. The summed E-state index contributed by atoms with van der Waals surface area (Å²) in [6.45, 7) is 0. The van der Waals surface area contributed by atoms with Crippen LogP contribution in [0.25, 0.3) is 0 Å². The first-order valence-electron chi connectivity index (χ1n) is 3.69. The van der Waals surface area contributed by atoms with E-state index in [2.05, 4.69) is 25.7 Å². The van der Waals surface area contributed by atoms with Crippen molar-refractivity contribution in [3.05, 3.63) is 26.9 Å². The minimum absolute atomic E-state index is 0.00639. The molecule has 0 amide bonds. The molecular weight excluding hydrogens is 295 g/mol. The van der Waals surface area contributed by atoms with Crippen molar-refractivity contribution in [1.82, 2.24) is 4.98 Å². The van der Waals surface area contributed by atoms with Gasteiger partial charge in [-0.15, -0.1) is 0 Å². The van der Waals surface area contributed by atoms with E-state index in [4.69, 9.17) is 11.6 Å². The molecule has 0 saturated heterocycles. The van der Waals surface area contributed by atoms with Crippen LogP contribution in [0.3, 0.4) is 0 Å². The zero-order valence-electron chi connectivity index (χ0n) is 7.43. The molecule has 0 atom stereocenters. The Hall–Kier alpha value is -0.750. The van der Waals surface area contributed by atoms with Crippen LogP contribution in [0.4, 0.5) is 8.78 Å². The third-order valence-corrected chi connectivity index (χ3v) is 3.03. The van der Waals surface area contributed by atoms with E-state index in [-0.39, 0.29) is 15.1 Å². The number of methoxy groups -OCH3 is 1. The molecule has 15 heavy (non-hydrogen) atoms. The van der Waals surface area contributed by atoms with Gasteiger partial charge in [-0.25, -0.2) is 13.6 Å². The van der Waals surface area contributed by atoms with Crippen molar-refractivity contribution < 1.29 is 18.3 Å². The molecular formula is C8H5BrClF2NO2. The summed E-state index contributed by atoms with van der Waals surface area (Å²) < 4.78 is 29.2. The van der Waals surface area contributed by atoms with Gasteiger partial charge in [0, 0.05) is 6.20 Å². The van der Waals surface area contributed by atoms with Crippen LogP contribution in [0, 0.1) is 0 Å². The summed E-state index contributed by atoms with van der Waals surface area (Å²) in [5.74, 6) is -0.697.